The number of carbonyl (C=O) groups is 2. The lowest BCUT2D eigenvalue weighted by molar-refractivity contribution is -0.136. The topological polar surface area (TPSA) is 106 Å². The van der Waals surface area contributed by atoms with Crippen LogP contribution in [0.15, 0.2) is 59.7 Å². The fourth-order valence-corrected chi connectivity index (χ4v) is 2.95. The number of para-hydroxylation sites is 1. The molecule has 142 valence electrons. The van der Waals surface area contributed by atoms with Crippen LogP contribution in [0.2, 0.25) is 0 Å². The fraction of sp³-hybridized carbons (Fsp3) is 0.105. The van der Waals surface area contributed by atoms with Crippen molar-refractivity contribution in [3.8, 4) is 16.3 Å². The smallest absolute Gasteiger partial charge is 0.329 e. The monoisotopic (exact) mass is 395 g/mol. The van der Waals surface area contributed by atoms with Crippen molar-refractivity contribution in [1.82, 2.24) is 15.6 Å². The molecule has 8 nitrogen and oxygen atoms in total. The van der Waals surface area contributed by atoms with Crippen LogP contribution < -0.4 is 15.5 Å². The van der Waals surface area contributed by atoms with Crippen molar-refractivity contribution >= 4 is 34.5 Å². The summed E-state index contributed by atoms with van der Waals surface area (Å²) in [5.41, 5.74) is 3.74. The molecule has 2 N–H and O–H groups in total. The molecule has 0 atom stereocenters. The molecule has 0 unspecified atom stereocenters. The highest BCUT2D eigenvalue weighted by atomic mass is 32.1. The molecule has 3 aromatic rings. The van der Waals surface area contributed by atoms with Crippen molar-refractivity contribution in [3.05, 3.63) is 60.2 Å². The van der Waals surface area contributed by atoms with Crippen LogP contribution >= 0.6 is 11.3 Å². The minimum absolute atomic E-state index is 0.227. The Hall–Kier alpha value is -3.59. The van der Waals surface area contributed by atoms with Gasteiger partial charge in [0.2, 0.25) is 5.13 Å². The molecule has 0 saturated carbocycles. The van der Waals surface area contributed by atoms with Crippen molar-refractivity contribution in [2.24, 2.45) is 5.10 Å². The molecule has 0 aliphatic rings. The van der Waals surface area contributed by atoms with Gasteiger partial charge in [-0.3, -0.25) is 14.9 Å². The number of ether oxygens (including phenoxy) is 1. The van der Waals surface area contributed by atoms with E-state index in [1.807, 2.05) is 49.4 Å². The molecule has 0 bridgehead atoms. The maximum atomic E-state index is 12.0. The third kappa shape index (κ3) is 4.98. The van der Waals surface area contributed by atoms with Crippen molar-refractivity contribution in [2.75, 3.05) is 11.9 Å². The third-order valence-corrected chi connectivity index (χ3v) is 4.35. The first-order valence-corrected chi connectivity index (χ1v) is 9.24. The van der Waals surface area contributed by atoms with Crippen molar-refractivity contribution < 1.29 is 14.3 Å². The van der Waals surface area contributed by atoms with E-state index >= 15 is 0 Å². The molecule has 3 rings (SSSR count). The second kappa shape index (κ2) is 9.38. The first-order chi connectivity index (χ1) is 13.7. The Morgan fingerprint density at radius 3 is 2.61 bits per heavy atom. The molecule has 28 heavy (non-hydrogen) atoms. The van der Waals surface area contributed by atoms with Gasteiger partial charge in [0.25, 0.3) is 0 Å². The van der Waals surface area contributed by atoms with Gasteiger partial charge in [0.1, 0.15) is 10.8 Å². The fourth-order valence-electron chi connectivity index (χ4n) is 2.21. The number of hydrazone groups is 1. The van der Waals surface area contributed by atoms with Gasteiger partial charge in [0.05, 0.1) is 12.8 Å². The summed E-state index contributed by atoms with van der Waals surface area (Å²) in [5, 5.41) is 15.0. The molecule has 2 aromatic carbocycles. The summed E-state index contributed by atoms with van der Waals surface area (Å²) in [6.07, 6.45) is 1.41. The van der Waals surface area contributed by atoms with Crippen LogP contribution in [-0.2, 0) is 9.59 Å². The van der Waals surface area contributed by atoms with Crippen LogP contribution in [-0.4, -0.2) is 34.8 Å². The predicted octanol–water partition coefficient (Wildman–Crippen LogP) is 2.69. The van der Waals surface area contributed by atoms with E-state index in [0.717, 1.165) is 5.56 Å². The number of rotatable bonds is 6. The maximum Gasteiger partial charge on any atom is 0.329 e. The lowest BCUT2D eigenvalue weighted by Crippen LogP contribution is -2.32. The van der Waals surface area contributed by atoms with E-state index in [-0.39, 0.29) is 5.13 Å². The van der Waals surface area contributed by atoms with Crippen molar-refractivity contribution in [1.29, 1.82) is 0 Å². The highest BCUT2D eigenvalue weighted by molar-refractivity contribution is 7.18. The summed E-state index contributed by atoms with van der Waals surface area (Å²) in [5.74, 6) is -1.16. The molecule has 2 amide bonds. The molecular weight excluding hydrogens is 378 g/mol. The van der Waals surface area contributed by atoms with E-state index in [4.69, 9.17) is 4.74 Å². The van der Waals surface area contributed by atoms with Crippen LogP contribution in [0.3, 0.4) is 0 Å². The summed E-state index contributed by atoms with van der Waals surface area (Å²) in [6, 6.07) is 16.6. The van der Waals surface area contributed by atoms with Crippen LogP contribution in [0.25, 0.3) is 10.6 Å². The Morgan fingerprint density at radius 1 is 1.07 bits per heavy atom. The highest BCUT2D eigenvalue weighted by Gasteiger charge is 2.16. The summed E-state index contributed by atoms with van der Waals surface area (Å²) in [6.45, 7) is 2.38. The quantitative estimate of drug-likeness (QED) is 0.379. The van der Waals surface area contributed by atoms with E-state index in [2.05, 4.69) is 26.0 Å². The second-order valence-electron chi connectivity index (χ2n) is 5.40. The molecule has 0 aliphatic heterocycles. The van der Waals surface area contributed by atoms with Crippen molar-refractivity contribution in [3.63, 3.8) is 0 Å². The number of carbonyl (C=O) groups excluding carboxylic acids is 2. The van der Waals surface area contributed by atoms with Crippen LogP contribution in [0.5, 0.6) is 5.75 Å². The highest BCUT2D eigenvalue weighted by Crippen LogP contribution is 2.25. The summed E-state index contributed by atoms with van der Waals surface area (Å²) < 4.78 is 5.46. The largest absolute Gasteiger partial charge is 0.493 e. The van der Waals surface area contributed by atoms with Gasteiger partial charge >= 0.3 is 11.8 Å². The van der Waals surface area contributed by atoms with Gasteiger partial charge in [0, 0.05) is 11.1 Å². The molecule has 0 fully saturated rings. The van der Waals surface area contributed by atoms with Gasteiger partial charge in [-0.2, -0.15) is 5.10 Å². The number of hydrogen-bond donors (Lipinski definition) is 2. The predicted molar refractivity (Wildman–Crippen MR) is 107 cm³/mol. The first-order valence-electron chi connectivity index (χ1n) is 8.42. The SMILES string of the molecule is CCOc1ccccc1/C=N/NC(=O)C(=O)Nc1nnc(-c2ccccc2)s1. The Balaban J connectivity index is 1.57. The van der Waals surface area contributed by atoms with Crippen LogP contribution in [0, 0.1) is 0 Å². The number of amides is 2. The van der Waals surface area contributed by atoms with Gasteiger partial charge in [-0.1, -0.05) is 53.8 Å². The van der Waals surface area contributed by atoms with E-state index < -0.39 is 11.8 Å². The standard InChI is InChI=1S/C19H17N5O3S/c1-2-27-15-11-7-6-10-14(15)12-20-22-17(26)16(25)21-19-24-23-18(28-19)13-8-4-3-5-9-13/h3-12H,2H2,1H3,(H,22,26)(H,21,24,25)/b20-12+. The Labute approximate surface area is 165 Å². The normalized spacial score (nSPS) is 10.6. The van der Waals surface area contributed by atoms with E-state index in [1.54, 1.807) is 12.1 Å². The summed E-state index contributed by atoms with van der Waals surface area (Å²) >= 11 is 1.17. The lowest BCUT2D eigenvalue weighted by Gasteiger charge is -2.05. The van der Waals surface area contributed by atoms with Gasteiger partial charge in [-0.15, -0.1) is 10.2 Å². The number of hydrogen-bond acceptors (Lipinski definition) is 7. The van der Waals surface area contributed by atoms with Crippen LogP contribution in [0.1, 0.15) is 12.5 Å². The average molecular weight is 395 g/mol. The number of benzene rings is 2. The molecule has 0 spiro atoms. The molecular formula is C19H17N5O3S. The van der Waals surface area contributed by atoms with Crippen LogP contribution in [0.4, 0.5) is 5.13 Å². The minimum Gasteiger partial charge on any atom is -0.493 e. The van der Waals surface area contributed by atoms with E-state index in [0.29, 0.717) is 22.9 Å². The Kier molecular flexibility index (Phi) is 6.42. The molecule has 1 heterocycles. The zero-order valence-electron chi connectivity index (χ0n) is 15.0. The molecule has 0 aliphatic carbocycles. The number of anilines is 1. The number of nitrogens with one attached hydrogen (secondary N) is 2. The van der Waals surface area contributed by atoms with Gasteiger partial charge < -0.3 is 4.74 Å². The molecule has 0 radical (unpaired) electrons. The Morgan fingerprint density at radius 2 is 1.82 bits per heavy atom. The zero-order chi connectivity index (χ0) is 19.8. The van der Waals surface area contributed by atoms with Gasteiger partial charge in [0.15, 0.2) is 0 Å². The molecule has 9 heteroatoms. The van der Waals surface area contributed by atoms with Crippen molar-refractivity contribution in [2.45, 2.75) is 6.92 Å². The van der Waals surface area contributed by atoms with Gasteiger partial charge in [-0.05, 0) is 19.1 Å². The molecule has 0 saturated heterocycles. The van der Waals surface area contributed by atoms with Gasteiger partial charge in [-0.25, -0.2) is 5.43 Å². The average Bonchev–Trinajstić information content (AvgIpc) is 3.18. The summed E-state index contributed by atoms with van der Waals surface area (Å²) in [4.78, 5) is 23.9. The molecule has 1 aromatic heterocycles. The number of aromatic nitrogens is 2. The van der Waals surface area contributed by atoms with E-state index in [1.165, 1.54) is 17.6 Å². The minimum atomic E-state index is -0.915. The summed E-state index contributed by atoms with van der Waals surface area (Å²) in [7, 11) is 0. The Bertz CT molecular complexity index is 988. The van der Waals surface area contributed by atoms with E-state index in [9.17, 15) is 9.59 Å². The number of nitrogens with zero attached hydrogens (tertiary/aromatic N) is 3. The first kappa shape index (κ1) is 19.2. The zero-order valence-corrected chi connectivity index (χ0v) is 15.8. The lowest BCUT2D eigenvalue weighted by atomic mass is 10.2. The third-order valence-electron chi connectivity index (χ3n) is 3.46. The maximum absolute atomic E-state index is 12.0. The second-order valence-corrected chi connectivity index (χ2v) is 6.38.